The maximum Gasteiger partial charge on any atom is 0.244 e. The topological polar surface area (TPSA) is 66.9 Å². The van der Waals surface area contributed by atoms with Crippen molar-refractivity contribution in [1.82, 2.24) is 9.21 Å². The molecule has 1 aliphatic heterocycles. The van der Waals surface area contributed by atoms with Gasteiger partial charge in [0.25, 0.3) is 0 Å². The summed E-state index contributed by atoms with van der Waals surface area (Å²) in [6.45, 7) is 1.33. The van der Waals surface area contributed by atoms with Gasteiger partial charge < -0.3 is 9.64 Å². The summed E-state index contributed by atoms with van der Waals surface area (Å²) in [7, 11) is -3.76. The fourth-order valence-electron chi connectivity index (χ4n) is 2.93. The van der Waals surface area contributed by atoms with Gasteiger partial charge >= 0.3 is 0 Å². The second-order valence-electron chi connectivity index (χ2n) is 6.25. The van der Waals surface area contributed by atoms with E-state index in [1.807, 2.05) is 30.3 Å². The third-order valence-electron chi connectivity index (χ3n) is 4.45. The van der Waals surface area contributed by atoms with Crippen molar-refractivity contribution < 1.29 is 17.9 Å². The Morgan fingerprint density at radius 3 is 2.32 bits per heavy atom. The second kappa shape index (κ2) is 9.13. The van der Waals surface area contributed by atoms with Crippen LogP contribution in [0.15, 0.2) is 53.4 Å². The molecule has 0 saturated carbocycles. The van der Waals surface area contributed by atoms with Gasteiger partial charge in [0.05, 0.1) is 23.1 Å². The van der Waals surface area contributed by atoms with Crippen LogP contribution in [-0.2, 0) is 14.8 Å². The predicted molar refractivity (Wildman–Crippen MR) is 108 cm³/mol. The quantitative estimate of drug-likeness (QED) is 0.687. The van der Waals surface area contributed by atoms with Gasteiger partial charge in [0.15, 0.2) is 0 Å². The lowest BCUT2D eigenvalue weighted by Crippen LogP contribution is -2.50. The lowest BCUT2D eigenvalue weighted by atomic mass is 10.3. The Kier molecular flexibility index (Phi) is 6.82. The molecule has 0 aromatic heterocycles. The Hall–Kier alpha value is -1.80. The van der Waals surface area contributed by atoms with E-state index in [2.05, 4.69) is 0 Å². The van der Waals surface area contributed by atoms with Gasteiger partial charge in [-0.15, -0.1) is 0 Å². The maximum absolute atomic E-state index is 12.8. The van der Waals surface area contributed by atoms with Crippen molar-refractivity contribution in [2.75, 3.05) is 32.8 Å². The van der Waals surface area contributed by atoms with E-state index in [0.717, 1.165) is 0 Å². The highest BCUT2D eigenvalue weighted by Gasteiger charge is 2.31. The van der Waals surface area contributed by atoms with E-state index in [4.69, 9.17) is 27.9 Å². The van der Waals surface area contributed by atoms with Crippen molar-refractivity contribution in [2.24, 2.45) is 0 Å². The lowest BCUT2D eigenvalue weighted by Gasteiger charge is -2.34. The van der Waals surface area contributed by atoms with E-state index in [1.165, 1.54) is 16.4 Å². The minimum atomic E-state index is -3.76. The van der Waals surface area contributed by atoms with Crippen molar-refractivity contribution in [3.63, 3.8) is 0 Å². The zero-order chi connectivity index (χ0) is 20.1. The molecule has 0 atom stereocenters. The third kappa shape index (κ3) is 4.78. The number of nitrogens with zero attached hydrogens (tertiary/aromatic N) is 2. The number of sulfonamides is 1. The average Bonchev–Trinajstić information content (AvgIpc) is 2.70. The minimum absolute atomic E-state index is 0.0146. The Bertz CT molecular complexity index is 930. The number of carbonyl (C=O) groups is 1. The van der Waals surface area contributed by atoms with Crippen LogP contribution in [0.4, 0.5) is 0 Å². The third-order valence-corrected chi connectivity index (χ3v) is 7.33. The molecule has 1 aliphatic rings. The van der Waals surface area contributed by atoms with Crippen molar-refractivity contribution in [1.29, 1.82) is 0 Å². The SMILES string of the molecule is O=C(CCOc1ccccc1)N1CCN(S(=O)(=O)c2cccc(Cl)c2Cl)CC1. The van der Waals surface area contributed by atoms with Crippen LogP contribution >= 0.6 is 23.2 Å². The summed E-state index contributed by atoms with van der Waals surface area (Å²) < 4.78 is 32.5. The van der Waals surface area contributed by atoms with E-state index in [-0.39, 0.29) is 47.0 Å². The van der Waals surface area contributed by atoms with Gasteiger partial charge in [-0.1, -0.05) is 47.5 Å². The lowest BCUT2D eigenvalue weighted by molar-refractivity contribution is -0.132. The van der Waals surface area contributed by atoms with E-state index in [1.54, 1.807) is 11.0 Å². The summed E-state index contributed by atoms with van der Waals surface area (Å²) in [5.41, 5.74) is 0. The van der Waals surface area contributed by atoms with Crippen molar-refractivity contribution >= 4 is 39.1 Å². The van der Waals surface area contributed by atoms with Gasteiger partial charge in [0.1, 0.15) is 10.6 Å². The first kappa shape index (κ1) is 20.9. The standard InChI is InChI=1S/C19H20Cl2N2O4S/c20-16-7-4-8-17(19(16)21)28(25,26)23-12-10-22(11-13-23)18(24)9-14-27-15-5-2-1-3-6-15/h1-8H,9-14H2. The van der Waals surface area contributed by atoms with Gasteiger partial charge in [-0.25, -0.2) is 8.42 Å². The zero-order valence-corrected chi connectivity index (χ0v) is 17.4. The Labute approximate surface area is 174 Å². The molecule has 28 heavy (non-hydrogen) atoms. The number of rotatable bonds is 6. The smallest absolute Gasteiger partial charge is 0.244 e. The van der Waals surface area contributed by atoms with Crippen LogP contribution in [-0.4, -0.2) is 56.3 Å². The first-order chi connectivity index (χ1) is 13.4. The van der Waals surface area contributed by atoms with Crippen LogP contribution in [0.25, 0.3) is 0 Å². The van der Waals surface area contributed by atoms with Gasteiger partial charge in [0, 0.05) is 26.2 Å². The molecule has 1 heterocycles. The molecule has 1 amide bonds. The molecule has 1 saturated heterocycles. The summed E-state index contributed by atoms with van der Waals surface area (Å²) in [5, 5.41) is 0.204. The molecule has 1 fully saturated rings. The summed E-state index contributed by atoms with van der Waals surface area (Å²) in [6, 6.07) is 13.8. The first-order valence-corrected chi connectivity index (χ1v) is 11.0. The molecular formula is C19H20Cl2N2O4S. The number of piperazine rings is 1. The average molecular weight is 443 g/mol. The second-order valence-corrected chi connectivity index (χ2v) is 8.94. The summed E-state index contributed by atoms with van der Waals surface area (Å²) >= 11 is 12.0. The van der Waals surface area contributed by atoms with E-state index < -0.39 is 10.0 Å². The van der Waals surface area contributed by atoms with E-state index >= 15 is 0 Å². The summed E-state index contributed by atoms with van der Waals surface area (Å²) in [5.74, 6) is 0.651. The zero-order valence-electron chi connectivity index (χ0n) is 15.1. The molecule has 0 aliphatic carbocycles. The molecule has 0 unspecified atom stereocenters. The highest BCUT2D eigenvalue weighted by Crippen LogP contribution is 2.31. The van der Waals surface area contributed by atoms with Crippen LogP contribution in [0.3, 0.4) is 0 Å². The van der Waals surface area contributed by atoms with Crippen molar-refractivity contribution in [2.45, 2.75) is 11.3 Å². The largest absolute Gasteiger partial charge is 0.493 e. The number of benzene rings is 2. The van der Waals surface area contributed by atoms with Gasteiger partial charge in [-0.2, -0.15) is 4.31 Å². The minimum Gasteiger partial charge on any atom is -0.493 e. The monoisotopic (exact) mass is 442 g/mol. The number of halogens is 2. The molecule has 0 spiro atoms. The van der Waals surface area contributed by atoms with E-state index in [0.29, 0.717) is 18.8 Å². The van der Waals surface area contributed by atoms with Crippen molar-refractivity contribution in [3.05, 3.63) is 58.6 Å². The van der Waals surface area contributed by atoms with Crippen LogP contribution < -0.4 is 4.74 Å². The number of hydrogen-bond donors (Lipinski definition) is 0. The van der Waals surface area contributed by atoms with Gasteiger partial charge in [0.2, 0.25) is 15.9 Å². The first-order valence-electron chi connectivity index (χ1n) is 8.79. The number of para-hydroxylation sites is 1. The van der Waals surface area contributed by atoms with Crippen molar-refractivity contribution in [3.8, 4) is 5.75 Å². The number of carbonyl (C=O) groups excluding carboxylic acids is 1. The maximum atomic E-state index is 12.8. The van der Waals surface area contributed by atoms with Gasteiger partial charge in [-0.05, 0) is 24.3 Å². The van der Waals surface area contributed by atoms with Crippen LogP contribution in [0.1, 0.15) is 6.42 Å². The molecule has 3 rings (SSSR count). The normalized spacial score (nSPS) is 15.4. The molecular weight excluding hydrogens is 423 g/mol. The molecule has 150 valence electrons. The molecule has 0 bridgehead atoms. The fourth-order valence-corrected chi connectivity index (χ4v) is 5.09. The number of amides is 1. The number of hydrogen-bond acceptors (Lipinski definition) is 4. The number of ether oxygens (including phenoxy) is 1. The molecule has 0 radical (unpaired) electrons. The molecule has 2 aromatic carbocycles. The van der Waals surface area contributed by atoms with Crippen LogP contribution in [0, 0.1) is 0 Å². The van der Waals surface area contributed by atoms with Gasteiger partial charge in [-0.3, -0.25) is 4.79 Å². The molecule has 9 heteroatoms. The molecule has 2 aromatic rings. The summed E-state index contributed by atoms with van der Waals surface area (Å²) in [4.78, 5) is 14.0. The Balaban J connectivity index is 1.53. The molecule has 0 N–H and O–H groups in total. The predicted octanol–water partition coefficient (Wildman–Crippen LogP) is 3.30. The fraction of sp³-hybridized carbons (Fsp3) is 0.316. The Morgan fingerprint density at radius 2 is 1.64 bits per heavy atom. The summed E-state index contributed by atoms with van der Waals surface area (Å²) in [6.07, 6.45) is 0.238. The van der Waals surface area contributed by atoms with Crippen LogP contribution in [0.5, 0.6) is 5.75 Å². The Morgan fingerprint density at radius 1 is 0.964 bits per heavy atom. The van der Waals surface area contributed by atoms with E-state index in [9.17, 15) is 13.2 Å². The van der Waals surface area contributed by atoms with Crippen LogP contribution in [0.2, 0.25) is 10.0 Å². The highest BCUT2D eigenvalue weighted by atomic mass is 35.5. The highest BCUT2D eigenvalue weighted by molar-refractivity contribution is 7.89. The molecule has 6 nitrogen and oxygen atoms in total.